The molecule has 1 rings (SSSR count). The van der Waals surface area contributed by atoms with Crippen molar-refractivity contribution in [2.24, 2.45) is 0 Å². The molecule has 1 aromatic rings. The summed E-state index contributed by atoms with van der Waals surface area (Å²) in [5, 5.41) is 12.7. The van der Waals surface area contributed by atoms with E-state index in [-0.39, 0.29) is 12.6 Å². The molecule has 0 aliphatic carbocycles. The first-order valence-corrected chi connectivity index (χ1v) is 6.08. The van der Waals surface area contributed by atoms with Crippen LogP contribution in [0.5, 0.6) is 5.75 Å². The zero-order valence-electron chi connectivity index (χ0n) is 9.83. The van der Waals surface area contributed by atoms with Gasteiger partial charge in [0.1, 0.15) is 5.75 Å². The standard InChI is InChI=1S/C12H18BrNO2/c1-8(2)14-12(7-15)10-6-9(16-3)4-5-11(10)13/h4-6,8,12,14-15H,7H2,1-3H3. The van der Waals surface area contributed by atoms with Crippen molar-refractivity contribution < 1.29 is 9.84 Å². The number of nitrogens with one attached hydrogen (secondary N) is 1. The van der Waals surface area contributed by atoms with Gasteiger partial charge in [0.2, 0.25) is 0 Å². The second-order valence-corrected chi connectivity index (χ2v) is 4.80. The van der Waals surface area contributed by atoms with Crippen LogP contribution in [0, 0.1) is 0 Å². The van der Waals surface area contributed by atoms with Crippen LogP contribution in [0.1, 0.15) is 25.5 Å². The second-order valence-electron chi connectivity index (χ2n) is 3.94. The summed E-state index contributed by atoms with van der Waals surface area (Å²) in [6, 6.07) is 5.98. The Hall–Kier alpha value is -0.580. The van der Waals surface area contributed by atoms with Gasteiger partial charge in [-0.2, -0.15) is 0 Å². The zero-order chi connectivity index (χ0) is 12.1. The number of hydrogen-bond acceptors (Lipinski definition) is 3. The molecule has 16 heavy (non-hydrogen) atoms. The Labute approximate surface area is 105 Å². The molecule has 1 unspecified atom stereocenters. The highest BCUT2D eigenvalue weighted by Gasteiger charge is 2.15. The van der Waals surface area contributed by atoms with Gasteiger partial charge in [-0.05, 0) is 23.8 Å². The van der Waals surface area contributed by atoms with Gasteiger partial charge >= 0.3 is 0 Å². The number of aliphatic hydroxyl groups is 1. The summed E-state index contributed by atoms with van der Waals surface area (Å²) >= 11 is 3.48. The summed E-state index contributed by atoms with van der Waals surface area (Å²) in [6.07, 6.45) is 0. The van der Waals surface area contributed by atoms with Gasteiger partial charge in [0, 0.05) is 10.5 Å². The highest BCUT2D eigenvalue weighted by molar-refractivity contribution is 9.10. The van der Waals surface area contributed by atoms with Crippen molar-refractivity contribution in [2.75, 3.05) is 13.7 Å². The van der Waals surface area contributed by atoms with Gasteiger partial charge in [-0.15, -0.1) is 0 Å². The molecule has 0 aliphatic rings. The number of hydrogen-bond donors (Lipinski definition) is 2. The van der Waals surface area contributed by atoms with Crippen LogP contribution in [0.25, 0.3) is 0 Å². The van der Waals surface area contributed by atoms with E-state index < -0.39 is 0 Å². The third kappa shape index (κ3) is 3.47. The number of methoxy groups -OCH3 is 1. The number of benzene rings is 1. The van der Waals surface area contributed by atoms with E-state index >= 15 is 0 Å². The number of aliphatic hydroxyl groups excluding tert-OH is 1. The van der Waals surface area contributed by atoms with E-state index in [0.717, 1.165) is 15.8 Å². The van der Waals surface area contributed by atoms with Crippen LogP contribution in [0.15, 0.2) is 22.7 Å². The molecular formula is C12H18BrNO2. The van der Waals surface area contributed by atoms with Crippen LogP contribution in [-0.2, 0) is 0 Å². The quantitative estimate of drug-likeness (QED) is 0.874. The van der Waals surface area contributed by atoms with Crippen molar-refractivity contribution in [3.63, 3.8) is 0 Å². The lowest BCUT2D eigenvalue weighted by molar-refractivity contribution is 0.236. The molecule has 90 valence electrons. The lowest BCUT2D eigenvalue weighted by atomic mass is 10.1. The maximum Gasteiger partial charge on any atom is 0.119 e. The SMILES string of the molecule is COc1ccc(Br)c(C(CO)NC(C)C)c1. The summed E-state index contributed by atoms with van der Waals surface area (Å²) in [5.74, 6) is 0.794. The highest BCUT2D eigenvalue weighted by atomic mass is 79.9. The topological polar surface area (TPSA) is 41.5 Å². The third-order valence-corrected chi connectivity index (χ3v) is 3.02. The summed E-state index contributed by atoms with van der Waals surface area (Å²) in [6.45, 7) is 4.16. The molecule has 3 nitrogen and oxygen atoms in total. The van der Waals surface area contributed by atoms with Gasteiger partial charge in [0.25, 0.3) is 0 Å². The summed E-state index contributed by atoms with van der Waals surface area (Å²) in [5.41, 5.74) is 1.01. The van der Waals surface area contributed by atoms with Crippen molar-refractivity contribution >= 4 is 15.9 Å². The maximum absolute atomic E-state index is 9.39. The maximum atomic E-state index is 9.39. The predicted molar refractivity (Wildman–Crippen MR) is 68.8 cm³/mol. The zero-order valence-corrected chi connectivity index (χ0v) is 11.4. The van der Waals surface area contributed by atoms with Crippen molar-refractivity contribution in [2.45, 2.75) is 25.9 Å². The van der Waals surface area contributed by atoms with E-state index in [1.807, 2.05) is 18.2 Å². The molecule has 0 saturated heterocycles. The first-order chi connectivity index (χ1) is 7.58. The van der Waals surface area contributed by atoms with E-state index in [1.54, 1.807) is 7.11 Å². The predicted octanol–water partition coefficient (Wildman–Crippen LogP) is 2.49. The van der Waals surface area contributed by atoms with Gasteiger partial charge < -0.3 is 15.2 Å². The van der Waals surface area contributed by atoms with Crippen LogP contribution in [0.4, 0.5) is 0 Å². The first-order valence-electron chi connectivity index (χ1n) is 5.28. The minimum absolute atomic E-state index is 0.0595. The smallest absolute Gasteiger partial charge is 0.119 e. The van der Waals surface area contributed by atoms with Crippen LogP contribution < -0.4 is 10.1 Å². The van der Waals surface area contributed by atoms with Gasteiger partial charge in [-0.3, -0.25) is 0 Å². The largest absolute Gasteiger partial charge is 0.497 e. The second kappa shape index (κ2) is 6.23. The number of ether oxygens (including phenoxy) is 1. The number of rotatable bonds is 5. The van der Waals surface area contributed by atoms with E-state index in [0.29, 0.717) is 6.04 Å². The average Bonchev–Trinajstić information content (AvgIpc) is 2.26. The molecular weight excluding hydrogens is 270 g/mol. The molecule has 0 spiro atoms. The van der Waals surface area contributed by atoms with Gasteiger partial charge in [-0.25, -0.2) is 0 Å². The lowest BCUT2D eigenvalue weighted by Gasteiger charge is -2.21. The molecule has 1 aromatic carbocycles. The fourth-order valence-corrected chi connectivity index (χ4v) is 2.08. The Bertz CT molecular complexity index is 342. The summed E-state index contributed by atoms with van der Waals surface area (Å²) in [4.78, 5) is 0. The molecule has 0 amide bonds. The van der Waals surface area contributed by atoms with Gasteiger partial charge in [0.15, 0.2) is 0 Å². The van der Waals surface area contributed by atoms with E-state index in [2.05, 4.69) is 35.1 Å². The normalized spacial score (nSPS) is 12.9. The molecule has 1 atom stereocenters. The Kier molecular flexibility index (Phi) is 5.25. The third-order valence-electron chi connectivity index (χ3n) is 2.30. The average molecular weight is 288 g/mol. The van der Waals surface area contributed by atoms with Crippen LogP contribution >= 0.6 is 15.9 Å². The van der Waals surface area contributed by atoms with Crippen LogP contribution in [-0.4, -0.2) is 24.9 Å². The van der Waals surface area contributed by atoms with Crippen molar-refractivity contribution in [3.8, 4) is 5.75 Å². The van der Waals surface area contributed by atoms with E-state index in [4.69, 9.17) is 4.74 Å². The van der Waals surface area contributed by atoms with Crippen LogP contribution in [0.3, 0.4) is 0 Å². The fraction of sp³-hybridized carbons (Fsp3) is 0.500. The molecule has 0 aliphatic heterocycles. The molecule has 2 N–H and O–H groups in total. The highest BCUT2D eigenvalue weighted by Crippen LogP contribution is 2.27. The Balaban J connectivity index is 2.98. The summed E-state index contributed by atoms with van der Waals surface area (Å²) < 4.78 is 6.15. The van der Waals surface area contributed by atoms with Gasteiger partial charge in [0.05, 0.1) is 19.8 Å². The van der Waals surface area contributed by atoms with E-state index in [9.17, 15) is 5.11 Å². The molecule has 0 fully saturated rings. The van der Waals surface area contributed by atoms with E-state index in [1.165, 1.54) is 0 Å². The van der Waals surface area contributed by atoms with Crippen LogP contribution in [0.2, 0.25) is 0 Å². The molecule has 0 radical (unpaired) electrons. The minimum Gasteiger partial charge on any atom is -0.497 e. The molecule has 0 saturated carbocycles. The Morgan fingerprint density at radius 2 is 2.12 bits per heavy atom. The summed E-state index contributed by atoms with van der Waals surface area (Å²) in [7, 11) is 1.64. The molecule has 0 heterocycles. The van der Waals surface area contributed by atoms with Crippen molar-refractivity contribution in [1.29, 1.82) is 0 Å². The molecule has 4 heteroatoms. The Morgan fingerprint density at radius 3 is 2.62 bits per heavy atom. The van der Waals surface area contributed by atoms with Gasteiger partial charge in [-0.1, -0.05) is 29.8 Å². The minimum atomic E-state index is -0.0792. The van der Waals surface area contributed by atoms with Crippen molar-refractivity contribution in [1.82, 2.24) is 5.32 Å². The van der Waals surface area contributed by atoms with Crippen molar-refractivity contribution in [3.05, 3.63) is 28.2 Å². The Morgan fingerprint density at radius 1 is 1.44 bits per heavy atom. The lowest BCUT2D eigenvalue weighted by Crippen LogP contribution is -2.30. The molecule has 0 bridgehead atoms. The monoisotopic (exact) mass is 287 g/mol. The molecule has 0 aromatic heterocycles. The first kappa shape index (κ1) is 13.5. The number of halogens is 1. The fourth-order valence-electron chi connectivity index (χ4n) is 1.56.